The second kappa shape index (κ2) is 8.40. The van der Waals surface area contributed by atoms with Gasteiger partial charge in [0.2, 0.25) is 5.95 Å². The summed E-state index contributed by atoms with van der Waals surface area (Å²) in [5.41, 5.74) is 2.41. The molecule has 6 nitrogen and oxygen atoms in total. The first-order valence-corrected chi connectivity index (χ1v) is 8.65. The van der Waals surface area contributed by atoms with Gasteiger partial charge in [-0.05, 0) is 30.2 Å². The third kappa shape index (κ3) is 4.55. The summed E-state index contributed by atoms with van der Waals surface area (Å²) in [6, 6.07) is 17.3. The van der Waals surface area contributed by atoms with E-state index in [9.17, 15) is 5.11 Å². The van der Waals surface area contributed by atoms with Gasteiger partial charge in [0.05, 0.1) is 24.0 Å². The number of rotatable bonds is 7. The Morgan fingerprint density at radius 2 is 1.73 bits per heavy atom. The van der Waals surface area contributed by atoms with E-state index in [0.29, 0.717) is 17.5 Å². The lowest BCUT2D eigenvalue weighted by molar-refractivity contribution is 0.248. The molecule has 2 aromatic heterocycles. The first kappa shape index (κ1) is 17.8. The van der Waals surface area contributed by atoms with Crippen molar-refractivity contribution < 1.29 is 5.11 Å². The maximum absolute atomic E-state index is 9.60. The van der Waals surface area contributed by atoms with Crippen LogP contribution in [0.4, 0.5) is 17.5 Å². The first-order valence-electron chi connectivity index (χ1n) is 8.65. The topological polar surface area (TPSA) is 83.0 Å². The Hall–Kier alpha value is -2.99. The molecule has 0 saturated carbocycles. The van der Waals surface area contributed by atoms with Crippen molar-refractivity contribution in [2.45, 2.75) is 19.9 Å². The van der Waals surface area contributed by atoms with Crippen LogP contribution in [0.1, 0.15) is 13.8 Å². The number of hydrogen-bond acceptors (Lipinski definition) is 6. The maximum Gasteiger partial charge on any atom is 0.225 e. The lowest BCUT2D eigenvalue weighted by atomic mass is 10.1. The third-order valence-electron chi connectivity index (χ3n) is 4.02. The zero-order valence-electron chi connectivity index (χ0n) is 14.9. The predicted molar refractivity (Wildman–Crippen MR) is 104 cm³/mol. The number of pyridine rings is 1. The number of aromatic nitrogens is 3. The van der Waals surface area contributed by atoms with Crippen molar-refractivity contribution in [3.63, 3.8) is 0 Å². The molecule has 1 aromatic carbocycles. The van der Waals surface area contributed by atoms with E-state index in [1.165, 1.54) is 0 Å². The fourth-order valence-electron chi connectivity index (χ4n) is 2.48. The Balaban J connectivity index is 1.96. The largest absolute Gasteiger partial charge is 0.394 e. The molecule has 0 radical (unpaired) electrons. The van der Waals surface area contributed by atoms with Crippen LogP contribution in [0.15, 0.2) is 60.8 Å². The summed E-state index contributed by atoms with van der Waals surface area (Å²) >= 11 is 0. The Labute approximate surface area is 153 Å². The fraction of sp³-hybridized carbons (Fsp3) is 0.250. The summed E-state index contributed by atoms with van der Waals surface area (Å²) in [5, 5.41) is 16.1. The van der Waals surface area contributed by atoms with Crippen LogP contribution in [0.3, 0.4) is 0 Å². The highest BCUT2D eigenvalue weighted by Crippen LogP contribution is 2.23. The average molecular weight is 349 g/mol. The Bertz CT molecular complexity index is 824. The normalized spacial score (nSPS) is 12.0. The van der Waals surface area contributed by atoms with Crippen molar-refractivity contribution in [3.8, 4) is 11.4 Å². The summed E-state index contributed by atoms with van der Waals surface area (Å²) in [4.78, 5) is 13.5. The van der Waals surface area contributed by atoms with E-state index in [1.54, 1.807) is 6.20 Å². The molecule has 0 aliphatic heterocycles. The van der Waals surface area contributed by atoms with Crippen LogP contribution in [-0.2, 0) is 0 Å². The molecule has 2 heterocycles. The van der Waals surface area contributed by atoms with Crippen molar-refractivity contribution >= 4 is 17.5 Å². The number of nitrogens with one attached hydrogen (secondary N) is 2. The standard InChI is InChI=1S/C20H23N5O/c1-14(2)18(13-26)24-20-23-17(16-10-6-7-11-21-16)12-19(25-20)22-15-8-4-3-5-9-15/h3-12,14,18,26H,13H2,1-2H3,(H2,22,23,24,25)/t18-/m0/s1. The monoisotopic (exact) mass is 349 g/mol. The second-order valence-corrected chi connectivity index (χ2v) is 6.35. The SMILES string of the molecule is CC(C)[C@H](CO)Nc1nc(Nc2ccccc2)cc(-c2ccccn2)n1. The molecule has 0 saturated heterocycles. The minimum absolute atomic E-state index is 0.0102. The van der Waals surface area contributed by atoms with Gasteiger partial charge in [-0.2, -0.15) is 4.98 Å². The average Bonchev–Trinajstić information content (AvgIpc) is 2.67. The smallest absolute Gasteiger partial charge is 0.225 e. The number of aliphatic hydroxyl groups is 1. The van der Waals surface area contributed by atoms with Crippen LogP contribution < -0.4 is 10.6 Å². The Morgan fingerprint density at radius 1 is 0.962 bits per heavy atom. The number of benzene rings is 1. The van der Waals surface area contributed by atoms with Gasteiger partial charge >= 0.3 is 0 Å². The minimum Gasteiger partial charge on any atom is -0.394 e. The summed E-state index contributed by atoms with van der Waals surface area (Å²) in [6.45, 7) is 4.09. The Kier molecular flexibility index (Phi) is 5.76. The van der Waals surface area contributed by atoms with Gasteiger partial charge < -0.3 is 15.7 Å². The molecule has 26 heavy (non-hydrogen) atoms. The summed E-state index contributed by atoms with van der Waals surface area (Å²) in [7, 11) is 0. The van der Waals surface area contributed by atoms with Crippen LogP contribution in [-0.4, -0.2) is 32.7 Å². The third-order valence-corrected chi connectivity index (χ3v) is 4.02. The zero-order chi connectivity index (χ0) is 18.4. The maximum atomic E-state index is 9.60. The highest BCUT2D eigenvalue weighted by molar-refractivity contribution is 5.65. The molecule has 1 atom stereocenters. The summed E-state index contributed by atoms with van der Waals surface area (Å²) in [5.74, 6) is 1.36. The number of aliphatic hydroxyl groups excluding tert-OH is 1. The molecule has 3 aromatic rings. The van der Waals surface area contributed by atoms with E-state index in [1.807, 2.05) is 68.4 Å². The van der Waals surface area contributed by atoms with Crippen LogP contribution in [0.25, 0.3) is 11.4 Å². The van der Waals surface area contributed by atoms with Gasteiger partial charge in [0.25, 0.3) is 0 Å². The second-order valence-electron chi connectivity index (χ2n) is 6.35. The molecule has 0 aliphatic carbocycles. The van der Waals surface area contributed by atoms with Crippen molar-refractivity contribution in [3.05, 3.63) is 60.8 Å². The van der Waals surface area contributed by atoms with Gasteiger partial charge in [0, 0.05) is 18.0 Å². The number of anilines is 3. The van der Waals surface area contributed by atoms with E-state index in [2.05, 4.69) is 25.6 Å². The minimum atomic E-state index is -0.126. The van der Waals surface area contributed by atoms with Gasteiger partial charge in [0.1, 0.15) is 5.82 Å². The molecule has 134 valence electrons. The highest BCUT2D eigenvalue weighted by Gasteiger charge is 2.15. The molecule has 3 N–H and O–H groups in total. The Morgan fingerprint density at radius 3 is 2.38 bits per heavy atom. The van der Waals surface area contributed by atoms with Crippen LogP contribution in [0.5, 0.6) is 0 Å². The van der Waals surface area contributed by atoms with Crippen LogP contribution in [0, 0.1) is 5.92 Å². The number of nitrogens with zero attached hydrogens (tertiary/aromatic N) is 3. The van der Waals surface area contributed by atoms with Gasteiger partial charge in [-0.1, -0.05) is 38.1 Å². The lowest BCUT2D eigenvalue weighted by Crippen LogP contribution is -2.30. The molecular formula is C20H23N5O. The summed E-state index contributed by atoms with van der Waals surface area (Å²) in [6.07, 6.45) is 1.74. The molecule has 0 spiro atoms. The number of para-hydroxylation sites is 1. The first-order chi connectivity index (χ1) is 12.7. The van der Waals surface area contributed by atoms with E-state index in [0.717, 1.165) is 11.4 Å². The van der Waals surface area contributed by atoms with Crippen molar-refractivity contribution in [2.24, 2.45) is 5.92 Å². The lowest BCUT2D eigenvalue weighted by Gasteiger charge is -2.20. The van der Waals surface area contributed by atoms with Gasteiger partial charge in [0.15, 0.2) is 0 Å². The van der Waals surface area contributed by atoms with Crippen molar-refractivity contribution in [1.82, 2.24) is 15.0 Å². The predicted octanol–water partition coefficient (Wildman–Crippen LogP) is 3.71. The molecule has 0 aliphatic rings. The van der Waals surface area contributed by atoms with Crippen LogP contribution >= 0.6 is 0 Å². The molecule has 0 bridgehead atoms. The van der Waals surface area contributed by atoms with E-state index < -0.39 is 0 Å². The van der Waals surface area contributed by atoms with Crippen molar-refractivity contribution in [2.75, 3.05) is 17.2 Å². The van der Waals surface area contributed by atoms with E-state index in [4.69, 9.17) is 0 Å². The fourth-order valence-corrected chi connectivity index (χ4v) is 2.48. The van der Waals surface area contributed by atoms with Gasteiger partial charge in [-0.3, -0.25) is 4.98 Å². The van der Waals surface area contributed by atoms with Crippen molar-refractivity contribution in [1.29, 1.82) is 0 Å². The van der Waals surface area contributed by atoms with Crippen LogP contribution in [0.2, 0.25) is 0 Å². The quantitative estimate of drug-likeness (QED) is 0.603. The molecular weight excluding hydrogens is 326 g/mol. The zero-order valence-corrected chi connectivity index (χ0v) is 14.9. The number of hydrogen-bond donors (Lipinski definition) is 3. The summed E-state index contributed by atoms with van der Waals surface area (Å²) < 4.78 is 0. The van der Waals surface area contributed by atoms with E-state index in [-0.39, 0.29) is 18.6 Å². The molecule has 0 fully saturated rings. The molecule has 0 unspecified atom stereocenters. The van der Waals surface area contributed by atoms with E-state index >= 15 is 0 Å². The molecule has 3 rings (SSSR count). The van der Waals surface area contributed by atoms with Gasteiger partial charge in [-0.15, -0.1) is 0 Å². The molecule has 0 amide bonds. The molecule has 6 heteroatoms. The van der Waals surface area contributed by atoms with Gasteiger partial charge in [-0.25, -0.2) is 4.98 Å². The highest BCUT2D eigenvalue weighted by atomic mass is 16.3.